The Morgan fingerprint density at radius 3 is 1.08 bits per heavy atom. The van der Waals surface area contributed by atoms with Crippen LogP contribution in [0.1, 0.15) is 41.2 Å². The molecule has 0 bridgehead atoms. The first-order valence-electron chi connectivity index (χ1n) is 22.7. The number of nitrogens with two attached hydrogens (primary N) is 2. The Kier molecular flexibility index (Phi) is 20.8. The van der Waals surface area contributed by atoms with Crippen LogP contribution in [0.4, 0.5) is 0 Å². The first kappa shape index (κ1) is 50.3. The minimum atomic E-state index is -0.356. The number of phenolic OH excluding ortho intramolecular Hbond substituents is 5. The summed E-state index contributed by atoms with van der Waals surface area (Å²) in [5, 5.41) is 71.7. The van der Waals surface area contributed by atoms with Gasteiger partial charge < -0.3 is 68.9 Å². The predicted octanol–water partition coefficient (Wildman–Crippen LogP) is 3.33. The van der Waals surface area contributed by atoms with Crippen molar-refractivity contribution >= 4 is 5.91 Å². The second-order valence-corrected chi connectivity index (χ2v) is 17.3. The van der Waals surface area contributed by atoms with Gasteiger partial charge in [0.2, 0.25) is 5.91 Å². The van der Waals surface area contributed by atoms with E-state index in [1.807, 2.05) is 60.7 Å². The van der Waals surface area contributed by atoms with Crippen LogP contribution in [0.2, 0.25) is 0 Å². The van der Waals surface area contributed by atoms with E-state index in [0.29, 0.717) is 65.1 Å². The Morgan fingerprint density at radius 2 is 0.723 bits per heavy atom. The average molecular weight is 891 g/mol. The number of rotatable bonds is 30. The third kappa shape index (κ3) is 19.9. The summed E-state index contributed by atoms with van der Waals surface area (Å²) < 4.78 is 0. The Morgan fingerprint density at radius 1 is 0.431 bits per heavy atom. The number of benzene rings is 5. The number of hydrogen-bond donors (Lipinski definition) is 13. The molecule has 5 aromatic carbocycles. The molecule has 65 heavy (non-hydrogen) atoms. The lowest BCUT2D eigenvalue weighted by molar-refractivity contribution is -0.117. The van der Waals surface area contributed by atoms with Crippen LogP contribution in [0.15, 0.2) is 121 Å². The molecule has 5 rings (SSSR count). The molecule has 15 N–H and O–H groups in total. The van der Waals surface area contributed by atoms with Crippen molar-refractivity contribution in [3.05, 3.63) is 149 Å². The minimum absolute atomic E-state index is 0.000657. The van der Waals surface area contributed by atoms with Gasteiger partial charge in [0, 0.05) is 88.5 Å². The van der Waals surface area contributed by atoms with Crippen molar-refractivity contribution < 1.29 is 30.3 Å². The largest absolute Gasteiger partial charge is 0.508 e. The quantitative estimate of drug-likeness (QED) is 0.0297. The minimum Gasteiger partial charge on any atom is -0.508 e. The van der Waals surface area contributed by atoms with Gasteiger partial charge in [0.1, 0.15) is 28.7 Å². The van der Waals surface area contributed by atoms with Crippen molar-refractivity contribution in [1.82, 2.24) is 31.9 Å². The Bertz CT molecular complexity index is 2090. The van der Waals surface area contributed by atoms with Crippen LogP contribution in [0.5, 0.6) is 28.7 Å². The van der Waals surface area contributed by atoms with Gasteiger partial charge in [0.15, 0.2) is 0 Å². The van der Waals surface area contributed by atoms with Crippen molar-refractivity contribution in [1.29, 1.82) is 0 Å². The zero-order valence-corrected chi connectivity index (χ0v) is 37.5. The second-order valence-electron chi connectivity index (χ2n) is 17.3. The first-order valence-corrected chi connectivity index (χ1v) is 22.7. The van der Waals surface area contributed by atoms with Gasteiger partial charge in [0.05, 0.1) is 0 Å². The topological polar surface area (TPSA) is 242 Å². The fraction of sp³-hybridized carbons (Fsp3) is 0.392. The molecule has 0 saturated heterocycles. The SMILES string of the molecule is C[C@@H](CN[C@H](CN[C@H](CN[C@H](CNCCC(N)=O)Cc1ccc(O)cc1)Cc1ccc(O)cc1)Cc1ccc(O)cc1)NC[C@H](Cc1ccc(O)cc1)NC[C@@H](N)Cc1ccc(O)cc1. The lowest BCUT2D eigenvalue weighted by Gasteiger charge is -2.28. The summed E-state index contributed by atoms with van der Waals surface area (Å²) in [5.41, 5.74) is 17.4. The Labute approximate surface area is 383 Å². The van der Waals surface area contributed by atoms with Gasteiger partial charge in [-0.15, -0.1) is 0 Å². The highest BCUT2D eigenvalue weighted by atomic mass is 16.3. The molecule has 0 radical (unpaired) electrons. The summed E-state index contributed by atoms with van der Waals surface area (Å²) in [5.74, 6) is 0.745. The zero-order chi connectivity index (χ0) is 46.4. The smallest absolute Gasteiger partial charge is 0.218 e. The standard InChI is InChI=1S/C51H70N8O6/c1-35(55-32-43(26-38-6-16-48(62)17-7-38)57-30-41(52)24-36-2-12-46(60)13-3-36)29-56-44(27-39-8-18-49(63)19-9-39)33-59-45(28-40-10-20-50(64)21-11-40)34-58-42(31-54-23-22-51(53)65)25-37-4-14-47(61)15-5-37/h2-21,35,41-45,54-64H,22-34,52H2,1H3,(H2,53,65)/t35-,41-,42-,43-,44-,45-/m0/s1. The van der Waals surface area contributed by atoms with Crippen LogP contribution in [0, 0.1) is 0 Å². The summed E-state index contributed by atoms with van der Waals surface area (Å²) in [4.78, 5) is 11.4. The number of nitrogens with one attached hydrogen (secondary N) is 6. The summed E-state index contributed by atoms with van der Waals surface area (Å²) in [6.45, 7) is 6.47. The first-order chi connectivity index (χ1) is 31.3. The van der Waals surface area contributed by atoms with Crippen LogP contribution in [-0.4, -0.2) is 114 Å². The number of amides is 1. The van der Waals surface area contributed by atoms with Gasteiger partial charge in [-0.2, -0.15) is 0 Å². The molecule has 14 heteroatoms. The molecular formula is C51H70N8O6. The maximum atomic E-state index is 11.4. The molecule has 0 heterocycles. The fourth-order valence-corrected chi connectivity index (χ4v) is 7.72. The highest BCUT2D eigenvalue weighted by Crippen LogP contribution is 2.16. The predicted molar refractivity (Wildman–Crippen MR) is 258 cm³/mol. The maximum Gasteiger partial charge on any atom is 0.218 e. The van der Waals surface area contributed by atoms with Crippen molar-refractivity contribution in [2.24, 2.45) is 11.5 Å². The lowest BCUT2D eigenvalue weighted by atomic mass is 10.0. The Balaban J connectivity index is 1.23. The fourth-order valence-electron chi connectivity index (χ4n) is 7.72. The van der Waals surface area contributed by atoms with Crippen LogP contribution >= 0.6 is 0 Å². The van der Waals surface area contributed by atoms with Crippen molar-refractivity contribution in [2.75, 3.05) is 45.8 Å². The van der Waals surface area contributed by atoms with Crippen LogP contribution < -0.4 is 43.4 Å². The third-order valence-electron chi connectivity index (χ3n) is 11.4. The molecule has 0 aliphatic heterocycles. The summed E-state index contributed by atoms with van der Waals surface area (Å²) in [6, 6.07) is 36.3. The third-order valence-corrected chi connectivity index (χ3v) is 11.4. The number of primary amides is 1. The van der Waals surface area contributed by atoms with Gasteiger partial charge >= 0.3 is 0 Å². The summed E-state index contributed by atoms with van der Waals surface area (Å²) >= 11 is 0. The van der Waals surface area contributed by atoms with Gasteiger partial charge in [-0.3, -0.25) is 4.79 Å². The monoisotopic (exact) mass is 891 g/mol. The van der Waals surface area contributed by atoms with E-state index in [1.165, 1.54) is 0 Å². The summed E-state index contributed by atoms with van der Waals surface area (Å²) in [7, 11) is 0. The van der Waals surface area contributed by atoms with Crippen LogP contribution in [-0.2, 0) is 36.9 Å². The van der Waals surface area contributed by atoms with E-state index in [2.05, 4.69) is 38.8 Å². The Hall–Kier alpha value is -5.71. The van der Waals surface area contributed by atoms with Gasteiger partial charge in [-0.05, 0) is 128 Å². The van der Waals surface area contributed by atoms with Gasteiger partial charge in [-0.25, -0.2) is 0 Å². The number of phenols is 5. The number of aromatic hydroxyl groups is 5. The van der Waals surface area contributed by atoms with Gasteiger partial charge in [0.25, 0.3) is 0 Å². The molecule has 0 aliphatic rings. The molecule has 0 spiro atoms. The number of hydrogen-bond acceptors (Lipinski definition) is 13. The highest BCUT2D eigenvalue weighted by molar-refractivity contribution is 5.73. The summed E-state index contributed by atoms with van der Waals surface area (Å²) in [6.07, 6.45) is 3.77. The molecular weight excluding hydrogens is 821 g/mol. The van der Waals surface area contributed by atoms with E-state index < -0.39 is 0 Å². The van der Waals surface area contributed by atoms with E-state index in [-0.39, 0.29) is 77.3 Å². The van der Waals surface area contributed by atoms with E-state index >= 15 is 0 Å². The van der Waals surface area contributed by atoms with Crippen molar-refractivity contribution in [3.63, 3.8) is 0 Å². The molecule has 14 nitrogen and oxygen atoms in total. The molecule has 1 amide bonds. The van der Waals surface area contributed by atoms with Crippen LogP contribution in [0.25, 0.3) is 0 Å². The zero-order valence-electron chi connectivity index (χ0n) is 37.5. The molecule has 0 unspecified atom stereocenters. The normalized spacial score (nSPS) is 14.3. The van der Waals surface area contributed by atoms with Crippen molar-refractivity contribution in [3.8, 4) is 28.7 Å². The molecule has 350 valence electrons. The molecule has 0 fully saturated rings. The molecule has 0 saturated carbocycles. The van der Waals surface area contributed by atoms with E-state index in [4.69, 9.17) is 11.5 Å². The second kappa shape index (κ2) is 26.9. The van der Waals surface area contributed by atoms with E-state index in [0.717, 1.165) is 40.7 Å². The molecule has 0 aliphatic carbocycles. The van der Waals surface area contributed by atoms with E-state index in [9.17, 15) is 30.3 Å². The van der Waals surface area contributed by atoms with Gasteiger partial charge in [-0.1, -0.05) is 60.7 Å². The number of carbonyl (C=O) groups is 1. The average Bonchev–Trinajstić information content (AvgIpc) is 3.29. The van der Waals surface area contributed by atoms with Crippen molar-refractivity contribution in [2.45, 2.75) is 81.7 Å². The molecule has 0 aromatic heterocycles. The molecule has 6 atom stereocenters. The highest BCUT2D eigenvalue weighted by Gasteiger charge is 2.19. The maximum absolute atomic E-state index is 11.4. The van der Waals surface area contributed by atoms with E-state index in [1.54, 1.807) is 60.7 Å². The molecule has 5 aromatic rings. The lowest BCUT2D eigenvalue weighted by Crippen LogP contribution is -2.53. The number of carbonyl (C=O) groups excluding carboxylic acids is 1. The van der Waals surface area contributed by atoms with Crippen LogP contribution in [0.3, 0.4) is 0 Å².